The lowest BCUT2D eigenvalue weighted by atomic mass is 9.99. The van der Waals surface area contributed by atoms with Gasteiger partial charge in [0.25, 0.3) is 0 Å². The third kappa shape index (κ3) is 1.67. The number of aromatic nitrogens is 1. The van der Waals surface area contributed by atoms with Gasteiger partial charge in [0.05, 0.1) is 12.6 Å². The van der Waals surface area contributed by atoms with Crippen molar-refractivity contribution in [2.45, 2.75) is 19.8 Å². The van der Waals surface area contributed by atoms with Gasteiger partial charge >= 0.3 is 0 Å². The fourth-order valence-corrected chi connectivity index (χ4v) is 2.05. The Morgan fingerprint density at radius 3 is 2.81 bits per heavy atom. The van der Waals surface area contributed by atoms with E-state index in [1.165, 1.54) is 16.5 Å². The molecule has 3 nitrogen and oxygen atoms in total. The predicted molar refractivity (Wildman–Crippen MR) is 67.1 cm³/mol. The Balaban J connectivity index is 2.67. The zero-order valence-corrected chi connectivity index (χ0v) is 10.0. The van der Waals surface area contributed by atoms with Gasteiger partial charge in [-0.15, -0.1) is 0 Å². The van der Waals surface area contributed by atoms with Gasteiger partial charge in [-0.3, -0.25) is 0 Å². The number of hydrogen-bond acceptors (Lipinski definition) is 2. The van der Waals surface area contributed by atoms with Crippen molar-refractivity contribution in [3.63, 3.8) is 0 Å². The van der Waals surface area contributed by atoms with Crippen LogP contribution in [0, 0.1) is 6.92 Å². The molecule has 16 heavy (non-hydrogen) atoms. The minimum absolute atomic E-state index is 0.361. The molecular weight excluding hydrogens is 200 g/mol. The SMILES string of the molecule is COc1cc(C)cc2c(C(C)CN)c[nH]c12. The third-order valence-electron chi connectivity index (χ3n) is 3.03. The second-order valence-electron chi connectivity index (χ2n) is 4.27. The number of H-pyrrole nitrogens is 1. The minimum Gasteiger partial charge on any atom is -0.495 e. The van der Waals surface area contributed by atoms with Crippen LogP contribution >= 0.6 is 0 Å². The third-order valence-corrected chi connectivity index (χ3v) is 3.03. The molecule has 0 aliphatic carbocycles. The van der Waals surface area contributed by atoms with E-state index >= 15 is 0 Å². The second kappa shape index (κ2) is 4.18. The first-order valence-corrected chi connectivity index (χ1v) is 5.53. The van der Waals surface area contributed by atoms with Gasteiger partial charge < -0.3 is 15.5 Å². The van der Waals surface area contributed by atoms with Crippen LogP contribution in [0.3, 0.4) is 0 Å². The van der Waals surface area contributed by atoms with E-state index in [-0.39, 0.29) is 0 Å². The summed E-state index contributed by atoms with van der Waals surface area (Å²) in [7, 11) is 1.70. The molecule has 1 heterocycles. The predicted octanol–water partition coefficient (Wildman–Crippen LogP) is 2.55. The van der Waals surface area contributed by atoms with Crippen LogP contribution in [0.2, 0.25) is 0 Å². The highest BCUT2D eigenvalue weighted by atomic mass is 16.5. The van der Waals surface area contributed by atoms with E-state index in [9.17, 15) is 0 Å². The van der Waals surface area contributed by atoms with Crippen molar-refractivity contribution < 1.29 is 4.74 Å². The fraction of sp³-hybridized carbons (Fsp3) is 0.385. The van der Waals surface area contributed by atoms with Crippen LogP contribution in [0.25, 0.3) is 10.9 Å². The van der Waals surface area contributed by atoms with Crippen molar-refractivity contribution in [3.8, 4) is 5.75 Å². The van der Waals surface area contributed by atoms with Gasteiger partial charge in [0, 0.05) is 11.6 Å². The molecule has 2 rings (SSSR count). The highest BCUT2D eigenvalue weighted by Crippen LogP contribution is 2.32. The average molecular weight is 218 g/mol. The molecule has 86 valence electrons. The summed E-state index contributed by atoms with van der Waals surface area (Å²) < 4.78 is 5.37. The van der Waals surface area contributed by atoms with E-state index in [1.54, 1.807) is 7.11 Å². The second-order valence-corrected chi connectivity index (χ2v) is 4.27. The maximum atomic E-state index is 5.72. The number of nitrogens with one attached hydrogen (secondary N) is 1. The van der Waals surface area contributed by atoms with Crippen molar-refractivity contribution in [1.82, 2.24) is 4.98 Å². The largest absolute Gasteiger partial charge is 0.495 e. The Morgan fingerprint density at radius 1 is 1.44 bits per heavy atom. The molecule has 0 fully saturated rings. The monoisotopic (exact) mass is 218 g/mol. The molecule has 1 unspecified atom stereocenters. The number of aromatic amines is 1. The molecule has 0 amide bonds. The van der Waals surface area contributed by atoms with Crippen LogP contribution in [0.15, 0.2) is 18.3 Å². The summed E-state index contributed by atoms with van der Waals surface area (Å²) in [5.74, 6) is 1.26. The molecule has 0 aliphatic rings. The first-order valence-electron chi connectivity index (χ1n) is 5.53. The summed E-state index contributed by atoms with van der Waals surface area (Å²) in [5.41, 5.74) is 9.24. The van der Waals surface area contributed by atoms with E-state index in [0.717, 1.165) is 11.3 Å². The number of nitrogens with two attached hydrogens (primary N) is 1. The molecule has 0 saturated carbocycles. The summed E-state index contributed by atoms with van der Waals surface area (Å²) in [6, 6.07) is 4.21. The summed E-state index contributed by atoms with van der Waals surface area (Å²) in [5, 5.41) is 1.22. The normalized spacial score (nSPS) is 13.0. The number of fused-ring (bicyclic) bond motifs is 1. The first kappa shape index (κ1) is 11.0. The summed E-state index contributed by atoms with van der Waals surface area (Å²) >= 11 is 0. The molecule has 1 atom stereocenters. The molecular formula is C13H18N2O. The molecule has 0 spiro atoms. The topological polar surface area (TPSA) is 51.0 Å². The van der Waals surface area contributed by atoms with Crippen LogP contribution in [-0.4, -0.2) is 18.6 Å². The molecule has 2 aromatic rings. The minimum atomic E-state index is 0.361. The van der Waals surface area contributed by atoms with Gasteiger partial charge in [0.2, 0.25) is 0 Å². The standard InChI is InChI=1S/C13H18N2O/c1-8-4-10-11(9(2)6-14)7-15-13(10)12(5-8)16-3/h4-5,7,9,15H,6,14H2,1-3H3. The maximum Gasteiger partial charge on any atom is 0.143 e. The van der Waals surface area contributed by atoms with E-state index in [0.29, 0.717) is 12.5 Å². The Bertz CT molecular complexity index is 502. The Morgan fingerprint density at radius 2 is 2.19 bits per heavy atom. The maximum absolute atomic E-state index is 5.72. The molecule has 0 radical (unpaired) electrons. The molecule has 1 aromatic heterocycles. The van der Waals surface area contributed by atoms with E-state index < -0.39 is 0 Å². The molecule has 1 aromatic carbocycles. The van der Waals surface area contributed by atoms with Crippen LogP contribution < -0.4 is 10.5 Å². The quantitative estimate of drug-likeness (QED) is 0.831. The van der Waals surface area contributed by atoms with Gasteiger partial charge in [-0.1, -0.05) is 6.92 Å². The molecule has 0 saturated heterocycles. The van der Waals surface area contributed by atoms with Crippen LogP contribution in [-0.2, 0) is 0 Å². The Kier molecular flexibility index (Phi) is 2.88. The van der Waals surface area contributed by atoms with E-state index in [2.05, 4.69) is 24.9 Å². The number of ether oxygens (including phenoxy) is 1. The van der Waals surface area contributed by atoms with Crippen LogP contribution in [0.5, 0.6) is 5.75 Å². The van der Waals surface area contributed by atoms with E-state index in [4.69, 9.17) is 10.5 Å². The van der Waals surface area contributed by atoms with Crippen LogP contribution in [0.4, 0.5) is 0 Å². The summed E-state index contributed by atoms with van der Waals surface area (Å²) in [6.45, 7) is 4.87. The lowest BCUT2D eigenvalue weighted by Crippen LogP contribution is -2.08. The number of aryl methyl sites for hydroxylation is 1. The van der Waals surface area contributed by atoms with Gasteiger partial charge in [0.1, 0.15) is 5.75 Å². The number of methoxy groups -OCH3 is 1. The molecule has 3 N–H and O–H groups in total. The number of hydrogen-bond donors (Lipinski definition) is 2. The Hall–Kier alpha value is -1.48. The van der Waals surface area contributed by atoms with Crippen molar-refractivity contribution in [2.24, 2.45) is 5.73 Å². The number of benzene rings is 1. The number of rotatable bonds is 3. The summed E-state index contributed by atoms with van der Waals surface area (Å²) in [6.07, 6.45) is 2.03. The lowest BCUT2D eigenvalue weighted by Gasteiger charge is -2.08. The zero-order chi connectivity index (χ0) is 11.7. The highest BCUT2D eigenvalue weighted by molar-refractivity contribution is 5.89. The highest BCUT2D eigenvalue weighted by Gasteiger charge is 2.13. The molecule has 0 aliphatic heterocycles. The lowest BCUT2D eigenvalue weighted by molar-refractivity contribution is 0.418. The van der Waals surface area contributed by atoms with Gasteiger partial charge in [-0.05, 0) is 42.6 Å². The van der Waals surface area contributed by atoms with Crippen molar-refractivity contribution in [1.29, 1.82) is 0 Å². The van der Waals surface area contributed by atoms with E-state index in [1.807, 2.05) is 12.3 Å². The molecule has 0 bridgehead atoms. The van der Waals surface area contributed by atoms with Crippen molar-refractivity contribution >= 4 is 10.9 Å². The summed E-state index contributed by atoms with van der Waals surface area (Å²) in [4.78, 5) is 3.27. The van der Waals surface area contributed by atoms with Crippen molar-refractivity contribution in [2.75, 3.05) is 13.7 Å². The molecule has 3 heteroatoms. The van der Waals surface area contributed by atoms with Gasteiger partial charge in [-0.2, -0.15) is 0 Å². The fourth-order valence-electron chi connectivity index (χ4n) is 2.05. The zero-order valence-electron chi connectivity index (χ0n) is 10.0. The van der Waals surface area contributed by atoms with Gasteiger partial charge in [-0.25, -0.2) is 0 Å². The van der Waals surface area contributed by atoms with Crippen molar-refractivity contribution in [3.05, 3.63) is 29.5 Å². The smallest absolute Gasteiger partial charge is 0.143 e. The van der Waals surface area contributed by atoms with Gasteiger partial charge in [0.15, 0.2) is 0 Å². The first-order chi connectivity index (χ1) is 7.67. The van der Waals surface area contributed by atoms with Crippen LogP contribution in [0.1, 0.15) is 24.0 Å². The average Bonchev–Trinajstić information content (AvgIpc) is 2.70. The Labute approximate surface area is 95.6 Å².